The van der Waals surface area contributed by atoms with E-state index < -0.39 is 0 Å². The van der Waals surface area contributed by atoms with Gasteiger partial charge in [0.15, 0.2) is 0 Å². The second-order valence-corrected chi connectivity index (χ2v) is 7.62. The molecule has 1 aliphatic carbocycles. The van der Waals surface area contributed by atoms with Gasteiger partial charge in [0.25, 0.3) is 0 Å². The van der Waals surface area contributed by atoms with Crippen LogP contribution in [0.2, 0.25) is 0 Å². The van der Waals surface area contributed by atoms with Crippen LogP contribution >= 0.6 is 0 Å². The third kappa shape index (κ3) is 3.81. The second-order valence-electron chi connectivity index (χ2n) is 7.62. The highest BCUT2D eigenvalue weighted by Crippen LogP contribution is 2.32. The monoisotopic (exact) mass is 377 g/mol. The summed E-state index contributed by atoms with van der Waals surface area (Å²) in [5, 5.41) is 6.67. The summed E-state index contributed by atoms with van der Waals surface area (Å²) in [4.78, 5) is 18.4. The molecule has 0 bridgehead atoms. The number of anilines is 2. The van der Waals surface area contributed by atoms with E-state index in [9.17, 15) is 4.79 Å². The van der Waals surface area contributed by atoms with Crippen LogP contribution in [0, 0.1) is 0 Å². The highest BCUT2D eigenvalue weighted by molar-refractivity contribution is 5.90. The van der Waals surface area contributed by atoms with E-state index in [1.54, 1.807) is 14.1 Å². The zero-order valence-electron chi connectivity index (χ0n) is 16.5. The van der Waals surface area contributed by atoms with Gasteiger partial charge in [-0.1, -0.05) is 37.5 Å². The second kappa shape index (κ2) is 7.92. The molecule has 0 saturated heterocycles. The van der Waals surface area contributed by atoms with Crippen LogP contribution in [0.3, 0.4) is 0 Å². The molecule has 146 valence electrons. The van der Waals surface area contributed by atoms with Gasteiger partial charge in [-0.05, 0) is 37.1 Å². The fraction of sp³-hybridized carbons (Fsp3) is 0.364. The van der Waals surface area contributed by atoms with Crippen LogP contribution < -0.4 is 10.6 Å². The summed E-state index contributed by atoms with van der Waals surface area (Å²) in [7, 11) is 3.46. The first kappa shape index (κ1) is 18.3. The number of benzene rings is 1. The van der Waals surface area contributed by atoms with Crippen LogP contribution in [0.25, 0.3) is 16.9 Å². The van der Waals surface area contributed by atoms with Crippen LogP contribution in [0.4, 0.5) is 16.3 Å². The molecule has 0 spiro atoms. The van der Waals surface area contributed by atoms with Gasteiger partial charge < -0.3 is 15.5 Å². The lowest BCUT2D eigenvalue weighted by Gasteiger charge is -2.24. The van der Waals surface area contributed by atoms with Crippen LogP contribution in [0.5, 0.6) is 0 Å². The first-order valence-corrected chi connectivity index (χ1v) is 9.94. The molecule has 2 heterocycles. The lowest BCUT2D eigenvalue weighted by atomic mass is 9.95. The number of hydrogen-bond donors (Lipinski definition) is 2. The Balaban J connectivity index is 1.71. The first-order chi connectivity index (χ1) is 13.6. The Labute approximate surface area is 165 Å². The van der Waals surface area contributed by atoms with Crippen LogP contribution in [-0.2, 0) is 0 Å². The molecule has 1 fully saturated rings. The predicted molar refractivity (Wildman–Crippen MR) is 114 cm³/mol. The predicted octanol–water partition coefficient (Wildman–Crippen LogP) is 4.84. The summed E-state index contributed by atoms with van der Waals surface area (Å²) in [6.45, 7) is 0. The van der Waals surface area contributed by atoms with Gasteiger partial charge >= 0.3 is 6.03 Å². The Bertz CT molecular complexity index is 972. The van der Waals surface area contributed by atoms with Crippen molar-refractivity contribution in [2.45, 2.75) is 38.1 Å². The molecule has 4 rings (SSSR count). The Morgan fingerprint density at radius 3 is 2.71 bits per heavy atom. The van der Waals surface area contributed by atoms with Crippen molar-refractivity contribution in [2.75, 3.05) is 24.7 Å². The zero-order valence-corrected chi connectivity index (χ0v) is 16.5. The minimum atomic E-state index is -0.146. The third-order valence-corrected chi connectivity index (χ3v) is 5.27. The smallest absolute Gasteiger partial charge is 0.321 e. The number of fused-ring (bicyclic) bond motifs is 1. The Morgan fingerprint density at radius 2 is 1.93 bits per heavy atom. The zero-order chi connectivity index (χ0) is 19.5. The summed E-state index contributed by atoms with van der Waals surface area (Å²) in [6, 6.07) is 14.3. The average molecular weight is 377 g/mol. The maximum absolute atomic E-state index is 12.0. The van der Waals surface area contributed by atoms with E-state index in [-0.39, 0.29) is 6.03 Å². The van der Waals surface area contributed by atoms with Gasteiger partial charge in [0.1, 0.15) is 17.2 Å². The molecule has 1 aliphatic rings. The van der Waals surface area contributed by atoms with Gasteiger partial charge in [0.05, 0.1) is 0 Å². The Kier molecular flexibility index (Phi) is 5.19. The van der Waals surface area contributed by atoms with E-state index in [0.29, 0.717) is 6.04 Å². The van der Waals surface area contributed by atoms with E-state index in [1.165, 1.54) is 37.0 Å². The van der Waals surface area contributed by atoms with Crippen molar-refractivity contribution in [3.8, 4) is 11.3 Å². The third-order valence-electron chi connectivity index (χ3n) is 5.27. The van der Waals surface area contributed by atoms with Crippen LogP contribution in [0.1, 0.15) is 32.1 Å². The fourth-order valence-corrected chi connectivity index (χ4v) is 3.75. The van der Waals surface area contributed by atoms with Gasteiger partial charge in [-0.2, -0.15) is 0 Å². The Morgan fingerprint density at radius 1 is 1.11 bits per heavy atom. The molecular formula is C22H27N5O. The number of imidazole rings is 1. The number of rotatable bonds is 4. The first-order valence-electron chi connectivity index (χ1n) is 9.94. The Hall–Kier alpha value is -3.02. The molecule has 0 atom stereocenters. The molecule has 6 heteroatoms. The van der Waals surface area contributed by atoms with E-state index in [1.807, 2.05) is 42.5 Å². The van der Waals surface area contributed by atoms with E-state index >= 15 is 0 Å². The molecule has 2 aromatic heterocycles. The highest BCUT2D eigenvalue weighted by atomic mass is 16.2. The van der Waals surface area contributed by atoms with E-state index in [4.69, 9.17) is 4.98 Å². The topological polar surface area (TPSA) is 61.7 Å². The number of urea groups is 1. The minimum Gasteiger partial charge on any atom is -0.367 e. The number of nitrogens with zero attached hydrogens (tertiary/aromatic N) is 3. The van der Waals surface area contributed by atoms with Gasteiger partial charge in [-0.25, -0.2) is 9.78 Å². The maximum atomic E-state index is 12.0. The van der Waals surface area contributed by atoms with Crippen molar-refractivity contribution in [3.63, 3.8) is 0 Å². The lowest BCUT2D eigenvalue weighted by molar-refractivity contribution is 0.230. The highest BCUT2D eigenvalue weighted by Gasteiger charge is 2.19. The van der Waals surface area contributed by atoms with Crippen molar-refractivity contribution in [2.24, 2.45) is 0 Å². The molecular weight excluding hydrogens is 350 g/mol. The van der Waals surface area contributed by atoms with Crippen LogP contribution in [-0.4, -0.2) is 40.5 Å². The number of amides is 2. The van der Waals surface area contributed by atoms with Gasteiger partial charge in [-0.3, -0.25) is 4.40 Å². The summed E-state index contributed by atoms with van der Waals surface area (Å²) in [5.74, 6) is 1.03. The fourth-order valence-electron chi connectivity index (χ4n) is 3.75. The summed E-state index contributed by atoms with van der Waals surface area (Å²) < 4.78 is 2.12. The summed E-state index contributed by atoms with van der Waals surface area (Å²) in [5.41, 5.74) is 3.58. The SMILES string of the molecule is CN(C)C(=O)Nc1cccc(-c2nc3ccccn3c2NC2CCCCC2)c1. The number of carbonyl (C=O) groups excluding carboxylic acids is 1. The number of aromatic nitrogens is 2. The number of nitrogens with one attached hydrogen (secondary N) is 2. The van der Waals surface area contributed by atoms with Crippen molar-refractivity contribution >= 4 is 23.2 Å². The molecule has 28 heavy (non-hydrogen) atoms. The molecule has 6 nitrogen and oxygen atoms in total. The lowest BCUT2D eigenvalue weighted by Crippen LogP contribution is -2.27. The molecule has 0 aliphatic heterocycles. The number of carbonyl (C=O) groups is 1. The molecule has 2 N–H and O–H groups in total. The number of hydrogen-bond acceptors (Lipinski definition) is 3. The van der Waals surface area contributed by atoms with Crippen molar-refractivity contribution < 1.29 is 4.79 Å². The van der Waals surface area contributed by atoms with E-state index in [2.05, 4.69) is 21.2 Å². The van der Waals surface area contributed by atoms with Crippen molar-refractivity contribution in [1.82, 2.24) is 14.3 Å². The summed E-state index contributed by atoms with van der Waals surface area (Å²) >= 11 is 0. The quantitative estimate of drug-likeness (QED) is 0.684. The minimum absolute atomic E-state index is 0.146. The van der Waals surface area contributed by atoms with Crippen molar-refractivity contribution in [1.29, 1.82) is 0 Å². The maximum Gasteiger partial charge on any atom is 0.321 e. The van der Waals surface area contributed by atoms with Crippen LogP contribution in [0.15, 0.2) is 48.7 Å². The normalized spacial score (nSPS) is 14.8. The largest absolute Gasteiger partial charge is 0.367 e. The standard InChI is InChI=1S/C22H27N5O/c1-26(2)22(28)24-18-12-8-9-16(15-18)20-21(23-17-10-4-3-5-11-17)27-14-7-6-13-19(27)25-20/h6-9,12-15,17,23H,3-5,10-11H2,1-2H3,(H,24,28). The van der Waals surface area contributed by atoms with E-state index in [0.717, 1.165) is 28.4 Å². The van der Waals surface area contributed by atoms with Crippen molar-refractivity contribution in [3.05, 3.63) is 48.7 Å². The molecule has 0 unspecified atom stereocenters. The molecule has 3 aromatic rings. The van der Waals surface area contributed by atoms with Gasteiger partial charge in [-0.15, -0.1) is 0 Å². The molecule has 1 aromatic carbocycles. The number of pyridine rings is 1. The molecule has 0 radical (unpaired) electrons. The summed E-state index contributed by atoms with van der Waals surface area (Å²) in [6.07, 6.45) is 8.31. The molecule has 2 amide bonds. The average Bonchev–Trinajstić information content (AvgIpc) is 3.07. The molecule has 1 saturated carbocycles. The van der Waals surface area contributed by atoms with Gasteiger partial charge in [0.2, 0.25) is 0 Å². The van der Waals surface area contributed by atoms with Gasteiger partial charge in [0, 0.05) is 37.6 Å².